The van der Waals surface area contributed by atoms with E-state index in [1.807, 2.05) is 42.5 Å². The number of hydrogen-bond donors (Lipinski definition) is 6. The van der Waals surface area contributed by atoms with Crippen molar-refractivity contribution in [3.05, 3.63) is 114 Å². The van der Waals surface area contributed by atoms with Crippen LogP contribution in [0, 0.1) is 5.82 Å². The number of hydrogen-bond acceptors (Lipinski definition) is 8. The number of aromatic hydroxyl groups is 1. The molecule has 12 nitrogen and oxygen atoms in total. The maximum Gasteiger partial charge on any atom is 0.244 e. The number of benzene rings is 4. The van der Waals surface area contributed by atoms with E-state index in [1.165, 1.54) is 36.2 Å². The average Bonchev–Trinajstić information content (AvgIpc) is 3.17. The van der Waals surface area contributed by atoms with E-state index in [2.05, 4.69) is 16.0 Å². The first-order valence-electron chi connectivity index (χ1n) is 17.9. The van der Waals surface area contributed by atoms with Gasteiger partial charge in [0.15, 0.2) is 0 Å². The van der Waals surface area contributed by atoms with Crippen LogP contribution in [0.5, 0.6) is 5.75 Å². The van der Waals surface area contributed by atoms with E-state index in [-0.39, 0.29) is 50.3 Å². The van der Waals surface area contributed by atoms with Crippen LogP contribution in [-0.4, -0.2) is 89.4 Å². The van der Waals surface area contributed by atoms with Crippen molar-refractivity contribution >= 4 is 40.7 Å². The number of fused-ring (bicyclic) bond motifs is 1. The van der Waals surface area contributed by atoms with Crippen LogP contribution in [0.25, 0.3) is 10.8 Å². The average molecular weight is 742 g/mol. The van der Waals surface area contributed by atoms with Crippen molar-refractivity contribution in [3.8, 4) is 5.75 Å². The number of aldehydes is 1. The molecule has 0 radical (unpaired) electrons. The van der Waals surface area contributed by atoms with Gasteiger partial charge >= 0.3 is 0 Å². The Labute approximate surface area is 313 Å². The highest BCUT2D eigenvalue weighted by molar-refractivity contribution is 5.91. The summed E-state index contributed by atoms with van der Waals surface area (Å²) in [6, 6.07) is 21.6. The van der Waals surface area contributed by atoms with Crippen LogP contribution >= 0.6 is 0 Å². The van der Waals surface area contributed by atoms with Crippen molar-refractivity contribution in [2.24, 2.45) is 5.73 Å². The Hall–Kier alpha value is -5.66. The smallest absolute Gasteiger partial charge is 0.244 e. The third-order valence-electron chi connectivity index (χ3n) is 9.25. The van der Waals surface area contributed by atoms with Crippen LogP contribution in [0.1, 0.15) is 42.4 Å². The second-order valence-corrected chi connectivity index (χ2v) is 13.3. The fraction of sp³-hybridized carbons (Fsp3) is 0.341. The second kappa shape index (κ2) is 20.5. The molecule has 7 N–H and O–H groups in total. The van der Waals surface area contributed by atoms with Crippen molar-refractivity contribution in [2.45, 2.75) is 69.1 Å². The van der Waals surface area contributed by atoms with Crippen molar-refractivity contribution in [2.75, 3.05) is 20.2 Å². The Morgan fingerprint density at radius 2 is 1.57 bits per heavy atom. The summed E-state index contributed by atoms with van der Waals surface area (Å²) in [5, 5.41) is 29.4. The maximum absolute atomic E-state index is 13.6. The van der Waals surface area contributed by atoms with E-state index >= 15 is 0 Å². The number of aryl methyl sites for hydroxylation is 1. The number of amides is 4. The topological polar surface area (TPSA) is 191 Å². The molecule has 54 heavy (non-hydrogen) atoms. The lowest BCUT2D eigenvalue weighted by molar-refractivity contribution is -0.139. The number of carbonyl (C=O) groups is 5. The van der Waals surface area contributed by atoms with Gasteiger partial charge < -0.3 is 41.6 Å². The van der Waals surface area contributed by atoms with Gasteiger partial charge in [-0.1, -0.05) is 66.7 Å². The molecule has 4 aromatic rings. The normalized spacial score (nSPS) is 13.3. The van der Waals surface area contributed by atoms with Crippen LogP contribution in [0.3, 0.4) is 0 Å². The van der Waals surface area contributed by atoms with E-state index in [1.54, 1.807) is 24.3 Å². The highest BCUT2D eigenvalue weighted by Gasteiger charge is 2.29. The maximum atomic E-state index is 13.6. The minimum atomic E-state index is -1.21. The quantitative estimate of drug-likeness (QED) is 0.0589. The van der Waals surface area contributed by atoms with Crippen LogP contribution in [0.4, 0.5) is 4.39 Å². The number of halogens is 1. The number of phenolic OH excluding ortho intramolecular Hbond substituents is 1. The molecular weight excluding hydrogens is 693 g/mol. The van der Waals surface area contributed by atoms with E-state index in [0.717, 1.165) is 16.3 Å². The lowest BCUT2D eigenvalue weighted by atomic mass is 9.98. The number of carbonyl (C=O) groups excluding carboxylic acids is 5. The van der Waals surface area contributed by atoms with Crippen molar-refractivity contribution < 1.29 is 38.6 Å². The summed E-state index contributed by atoms with van der Waals surface area (Å²) in [5.74, 6) is -2.43. The number of likely N-dealkylation sites (N-methyl/N-ethyl adjacent to an activating group) is 1. The number of rotatable bonds is 20. The van der Waals surface area contributed by atoms with Gasteiger partial charge in [-0.25, -0.2) is 4.39 Å². The fourth-order valence-electron chi connectivity index (χ4n) is 6.10. The zero-order valence-electron chi connectivity index (χ0n) is 30.2. The highest BCUT2D eigenvalue weighted by atomic mass is 19.1. The summed E-state index contributed by atoms with van der Waals surface area (Å²) in [5.41, 5.74) is 8.38. The molecule has 4 amide bonds. The molecule has 0 fully saturated rings. The first kappa shape index (κ1) is 41.1. The Morgan fingerprint density at radius 1 is 0.852 bits per heavy atom. The Kier molecular flexibility index (Phi) is 15.6. The molecule has 13 heteroatoms. The minimum absolute atomic E-state index is 0.0286. The van der Waals surface area contributed by atoms with E-state index in [9.17, 15) is 38.6 Å². The number of unbranched alkanes of at least 4 members (excludes halogenated alkanes) is 1. The number of aliphatic hydroxyl groups excluding tert-OH is 1. The number of phenols is 1. The number of nitrogens with zero attached hydrogens (tertiary/aromatic N) is 1. The second-order valence-electron chi connectivity index (χ2n) is 13.3. The first-order chi connectivity index (χ1) is 26.0. The largest absolute Gasteiger partial charge is 0.508 e. The Morgan fingerprint density at radius 3 is 2.30 bits per heavy atom. The summed E-state index contributed by atoms with van der Waals surface area (Å²) in [4.78, 5) is 65.6. The SMILES string of the molecule is CN(C(=O)CCc1cccc(F)c1)[C@@H](Cc1ccc(O)cc1)C(=O)N[C@@H](C=O)CCCCNC(=O)[C@H](CO)NC(=O)[C@@H](N)Cc1cccc2ccccc12. The molecule has 4 atom stereocenters. The minimum Gasteiger partial charge on any atom is -0.508 e. The summed E-state index contributed by atoms with van der Waals surface area (Å²) in [6.07, 6.45) is 2.36. The van der Waals surface area contributed by atoms with Crippen LogP contribution in [0.15, 0.2) is 91.0 Å². The Bertz CT molecular complexity index is 1880. The highest BCUT2D eigenvalue weighted by Crippen LogP contribution is 2.20. The lowest BCUT2D eigenvalue weighted by Crippen LogP contribution is -2.53. The van der Waals surface area contributed by atoms with Gasteiger partial charge in [0.2, 0.25) is 23.6 Å². The molecular formula is C41H48FN5O7. The summed E-state index contributed by atoms with van der Waals surface area (Å²) in [6.45, 7) is -0.455. The third-order valence-corrected chi connectivity index (χ3v) is 9.25. The molecule has 0 aliphatic carbocycles. The number of aliphatic hydroxyl groups is 1. The molecule has 0 spiro atoms. The first-order valence-corrected chi connectivity index (χ1v) is 17.9. The van der Waals surface area contributed by atoms with Gasteiger partial charge in [-0.05, 0) is 83.8 Å². The van der Waals surface area contributed by atoms with E-state index < -0.39 is 54.3 Å². The van der Waals surface area contributed by atoms with Gasteiger partial charge in [0, 0.05) is 26.4 Å². The molecule has 0 unspecified atom stereocenters. The lowest BCUT2D eigenvalue weighted by Gasteiger charge is -2.29. The number of nitrogens with one attached hydrogen (secondary N) is 3. The molecule has 4 aromatic carbocycles. The van der Waals surface area contributed by atoms with Crippen molar-refractivity contribution in [3.63, 3.8) is 0 Å². The summed E-state index contributed by atoms with van der Waals surface area (Å²) in [7, 11) is 1.50. The third kappa shape index (κ3) is 12.2. The predicted octanol–water partition coefficient (Wildman–Crippen LogP) is 2.70. The molecule has 286 valence electrons. The van der Waals surface area contributed by atoms with Gasteiger partial charge in [-0.2, -0.15) is 0 Å². The van der Waals surface area contributed by atoms with Crippen LogP contribution < -0.4 is 21.7 Å². The summed E-state index contributed by atoms with van der Waals surface area (Å²) < 4.78 is 13.6. The standard InChI is InChI=1S/C41H48FN5O7/c1-47(38(51)20-17-27-8-6-12-31(42)22-27)37(23-28-15-18-33(50)19-16-28)41(54)45-32(25-48)13-4-5-21-44-40(53)36(26-49)46-39(52)35(43)24-30-11-7-10-29-9-2-3-14-34(29)30/h2-3,6-12,14-16,18-19,22,25,32,35-37,49-50H,4-5,13,17,20-21,23-24,26,43H2,1H3,(H,44,53)(H,45,54)(H,46,52)/t32-,35+,36+,37+/m1/s1. The Balaban J connectivity index is 1.25. The number of nitrogens with two attached hydrogens (primary N) is 1. The van der Waals surface area contributed by atoms with Crippen molar-refractivity contribution in [1.29, 1.82) is 0 Å². The zero-order valence-corrected chi connectivity index (χ0v) is 30.2. The zero-order chi connectivity index (χ0) is 39.0. The van der Waals surface area contributed by atoms with Gasteiger partial charge in [0.25, 0.3) is 0 Å². The van der Waals surface area contributed by atoms with E-state index in [0.29, 0.717) is 30.3 Å². The van der Waals surface area contributed by atoms with Gasteiger partial charge in [-0.15, -0.1) is 0 Å². The van der Waals surface area contributed by atoms with Crippen LogP contribution in [-0.2, 0) is 43.2 Å². The molecule has 4 rings (SSSR count). The molecule has 0 aliphatic rings. The molecule has 0 saturated heterocycles. The van der Waals surface area contributed by atoms with Crippen LogP contribution in [0.2, 0.25) is 0 Å². The van der Waals surface area contributed by atoms with Gasteiger partial charge in [-0.3, -0.25) is 19.2 Å². The molecule has 0 aliphatic heterocycles. The molecule has 0 saturated carbocycles. The summed E-state index contributed by atoms with van der Waals surface area (Å²) >= 11 is 0. The van der Waals surface area contributed by atoms with Crippen molar-refractivity contribution in [1.82, 2.24) is 20.9 Å². The van der Waals surface area contributed by atoms with Gasteiger partial charge in [0.1, 0.15) is 29.9 Å². The molecule has 0 aromatic heterocycles. The van der Waals surface area contributed by atoms with E-state index in [4.69, 9.17) is 5.73 Å². The van der Waals surface area contributed by atoms with Gasteiger partial charge in [0.05, 0.1) is 18.7 Å². The molecule has 0 heterocycles. The molecule has 0 bridgehead atoms. The fourth-order valence-corrected chi connectivity index (χ4v) is 6.10. The predicted molar refractivity (Wildman–Crippen MR) is 203 cm³/mol. The monoisotopic (exact) mass is 741 g/mol.